The fraction of sp³-hybridized carbons (Fsp3) is 0.167. The monoisotopic (exact) mass is 216 g/mol. The molecule has 2 aromatic rings. The molecule has 0 unspecified atom stereocenters. The Morgan fingerprint density at radius 2 is 2.44 bits per heavy atom. The SMILES string of the molecule is CCOC(=O)/C=C/c1cn2ccccc2n1. The molecule has 2 aromatic heterocycles. The zero-order valence-electron chi connectivity index (χ0n) is 8.96. The van der Waals surface area contributed by atoms with Crippen LogP contribution in [0.4, 0.5) is 0 Å². The minimum Gasteiger partial charge on any atom is -0.463 e. The van der Waals surface area contributed by atoms with Gasteiger partial charge in [0.15, 0.2) is 0 Å². The van der Waals surface area contributed by atoms with E-state index in [1.165, 1.54) is 6.08 Å². The molecule has 2 heterocycles. The van der Waals surface area contributed by atoms with Crippen molar-refractivity contribution in [3.8, 4) is 0 Å². The molecule has 0 saturated heterocycles. The Labute approximate surface area is 93.2 Å². The van der Waals surface area contributed by atoms with Crippen LogP contribution in [-0.2, 0) is 9.53 Å². The number of imidazole rings is 1. The van der Waals surface area contributed by atoms with Crippen molar-refractivity contribution in [3.63, 3.8) is 0 Å². The lowest BCUT2D eigenvalue weighted by molar-refractivity contribution is -0.137. The number of pyridine rings is 1. The molecule has 0 saturated carbocycles. The van der Waals surface area contributed by atoms with Gasteiger partial charge in [-0.1, -0.05) is 6.07 Å². The Hall–Kier alpha value is -2.10. The van der Waals surface area contributed by atoms with Crippen molar-refractivity contribution in [2.24, 2.45) is 0 Å². The highest BCUT2D eigenvalue weighted by Crippen LogP contribution is 2.05. The van der Waals surface area contributed by atoms with Crippen LogP contribution in [0.25, 0.3) is 11.7 Å². The van der Waals surface area contributed by atoms with Crippen molar-refractivity contribution < 1.29 is 9.53 Å². The molecule has 0 radical (unpaired) electrons. The second-order valence-corrected chi connectivity index (χ2v) is 3.22. The van der Waals surface area contributed by atoms with E-state index in [2.05, 4.69) is 4.98 Å². The molecule has 16 heavy (non-hydrogen) atoms. The first kappa shape index (κ1) is 10.4. The summed E-state index contributed by atoms with van der Waals surface area (Å²) in [6, 6.07) is 5.75. The lowest BCUT2D eigenvalue weighted by Gasteiger charge is -1.92. The molecular formula is C12H12N2O2. The molecule has 0 aromatic carbocycles. The summed E-state index contributed by atoms with van der Waals surface area (Å²) in [5.41, 5.74) is 1.59. The number of rotatable bonds is 3. The number of hydrogen-bond donors (Lipinski definition) is 0. The summed E-state index contributed by atoms with van der Waals surface area (Å²) in [5, 5.41) is 0. The van der Waals surface area contributed by atoms with Gasteiger partial charge in [-0.3, -0.25) is 0 Å². The number of fused-ring (bicyclic) bond motifs is 1. The van der Waals surface area contributed by atoms with E-state index in [9.17, 15) is 4.79 Å². The predicted octanol–water partition coefficient (Wildman–Crippen LogP) is 1.91. The van der Waals surface area contributed by atoms with Crippen LogP contribution >= 0.6 is 0 Å². The van der Waals surface area contributed by atoms with E-state index in [0.717, 1.165) is 11.3 Å². The third-order valence-electron chi connectivity index (χ3n) is 2.06. The summed E-state index contributed by atoms with van der Waals surface area (Å²) in [4.78, 5) is 15.4. The molecule has 2 rings (SSSR count). The Bertz CT molecular complexity index is 496. The number of ether oxygens (including phenoxy) is 1. The third-order valence-corrected chi connectivity index (χ3v) is 2.06. The topological polar surface area (TPSA) is 43.6 Å². The minimum absolute atomic E-state index is 0.348. The van der Waals surface area contributed by atoms with Crippen molar-refractivity contribution in [2.75, 3.05) is 6.61 Å². The highest BCUT2D eigenvalue weighted by Gasteiger charge is 1.98. The number of nitrogens with zero attached hydrogens (tertiary/aromatic N) is 2. The van der Waals surface area contributed by atoms with Crippen LogP contribution in [0.2, 0.25) is 0 Å². The van der Waals surface area contributed by atoms with Gasteiger partial charge in [0.25, 0.3) is 0 Å². The number of hydrogen-bond acceptors (Lipinski definition) is 3. The Morgan fingerprint density at radius 1 is 1.56 bits per heavy atom. The maximum absolute atomic E-state index is 11.1. The molecule has 0 fully saturated rings. The van der Waals surface area contributed by atoms with Gasteiger partial charge in [-0.25, -0.2) is 9.78 Å². The van der Waals surface area contributed by atoms with Gasteiger partial charge in [-0.05, 0) is 25.1 Å². The van der Waals surface area contributed by atoms with Crippen LogP contribution < -0.4 is 0 Å². The summed E-state index contributed by atoms with van der Waals surface area (Å²) < 4.78 is 6.67. The van der Waals surface area contributed by atoms with Crippen LogP contribution in [0.15, 0.2) is 36.7 Å². The first-order chi connectivity index (χ1) is 7.79. The van der Waals surface area contributed by atoms with Gasteiger partial charge in [0.05, 0.1) is 12.3 Å². The van der Waals surface area contributed by atoms with Crippen LogP contribution in [-0.4, -0.2) is 22.0 Å². The molecule has 0 aliphatic rings. The molecule has 0 atom stereocenters. The van der Waals surface area contributed by atoms with Gasteiger partial charge >= 0.3 is 5.97 Å². The van der Waals surface area contributed by atoms with Gasteiger partial charge in [0.2, 0.25) is 0 Å². The van der Waals surface area contributed by atoms with Crippen LogP contribution in [0.5, 0.6) is 0 Å². The molecule has 0 N–H and O–H groups in total. The van der Waals surface area contributed by atoms with Crippen molar-refractivity contribution in [2.45, 2.75) is 6.92 Å². The van der Waals surface area contributed by atoms with Gasteiger partial charge in [0, 0.05) is 18.5 Å². The second kappa shape index (κ2) is 4.61. The normalized spacial score (nSPS) is 11.1. The van der Waals surface area contributed by atoms with E-state index in [1.807, 2.05) is 35.0 Å². The molecule has 0 spiro atoms. The maximum Gasteiger partial charge on any atom is 0.330 e. The van der Waals surface area contributed by atoms with Gasteiger partial charge in [-0.2, -0.15) is 0 Å². The molecule has 0 bridgehead atoms. The lowest BCUT2D eigenvalue weighted by atomic mass is 10.4. The molecule has 0 amide bonds. The van der Waals surface area contributed by atoms with E-state index in [-0.39, 0.29) is 5.97 Å². The summed E-state index contributed by atoms with van der Waals surface area (Å²) in [6.07, 6.45) is 6.78. The highest BCUT2D eigenvalue weighted by atomic mass is 16.5. The highest BCUT2D eigenvalue weighted by molar-refractivity contribution is 5.86. The molecule has 0 aliphatic heterocycles. The minimum atomic E-state index is -0.348. The third kappa shape index (κ3) is 2.28. The van der Waals surface area contributed by atoms with Crippen molar-refractivity contribution in [1.29, 1.82) is 0 Å². The van der Waals surface area contributed by atoms with E-state index < -0.39 is 0 Å². The number of carbonyl (C=O) groups excluding carboxylic acids is 1. The number of aromatic nitrogens is 2. The fourth-order valence-electron chi connectivity index (χ4n) is 1.38. The largest absolute Gasteiger partial charge is 0.463 e. The van der Waals surface area contributed by atoms with Crippen molar-refractivity contribution in [1.82, 2.24) is 9.38 Å². The van der Waals surface area contributed by atoms with Gasteiger partial charge < -0.3 is 9.14 Å². The van der Waals surface area contributed by atoms with E-state index in [0.29, 0.717) is 6.61 Å². The van der Waals surface area contributed by atoms with Gasteiger partial charge in [-0.15, -0.1) is 0 Å². The van der Waals surface area contributed by atoms with Crippen molar-refractivity contribution in [3.05, 3.63) is 42.4 Å². The average molecular weight is 216 g/mol. The quantitative estimate of drug-likeness (QED) is 0.581. The molecule has 4 nitrogen and oxygen atoms in total. The first-order valence-electron chi connectivity index (χ1n) is 5.08. The van der Waals surface area contributed by atoms with E-state index in [4.69, 9.17) is 4.74 Å². The Balaban J connectivity index is 2.18. The Kier molecular flexibility index (Phi) is 3.00. The summed E-state index contributed by atoms with van der Waals surface area (Å²) >= 11 is 0. The smallest absolute Gasteiger partial charge is 0.330 e. The molecule has 4 heteroatoms. The average Bonchev–Trinajstić information content (AvgIpc) is 2.69. The summed E-state index contributed by atoms with van der Waals surface area (Å²) in [5.74, 6) is -0.348. The fourth-order valence-corrected chi connectivity index (χ4v) is 1.38. The Morgan fingerprint density at radius 3 is 3.19 bits per heavy atom. The summed E-state index contributed by atoms with van der Waals surface area (Å²) in [7, 11) is 0. The second-order valence-electron chi connectivity index (χ2n) is 3.22. The number of esters is 1. The standard InChI is InChI=1S/C12H12N2O2/c1-2-16-12(15)7-6-10-9-14-8-4-3-5-11(14)13-10/h3-9H,2H2,1H3/b7-6+. The molecule has 82 valence electrons. The van der Waals surface area contributed by atoms with E-state index in [1.54, 1.807) is 13.0 Å². The van der Waals surface area contributed by atoms with E-state index >= 15 is 0 Å². The maximum atomic E-state index is 11.1. The van der Waals surface area contributed by atoms with Crippen molar-refractivity contribution >= 4 is 17.7 Å². The first-order valence-corrected chi connectivity index (χ1v) is 5.08. The van der Waals surface area contributed by atoms with Gasteiger partial charge in [0.1, 0.15) is 5.65 Å². The van der Waals surface area contributed by atoms with Crippen LogP contribution in [0.3, 0.4) is 0 Å². The number of carbonyl (C=O) groups is 1. The predicted molar refractivity (Wildman–Crippen MR) is 60.9 cm³/mol. The van der Waals surface area contributed by atoms with Crippen LogP contribution in [0.1, 0.15) is 12.6 Å². The lowest BCUT2D eigenvalue weighted by Crippen LogP contribution is -1.98. The molecular weight excluding hydrogens is 204 g/mol. The zero-order valence-corrected chi connectivity index (χ0v) is 8.96. The summed E-state index contributed by atoms with van der Waals surface area (Å²) in [6.45, 7) is 2.16. The van der Waals surface area contributed by atoms with Crippen LogP contribution in [0, 0.1) is 0 Å². The zero-order chi connectivity index (χ0) is 11.4. The molecule has 0 aliphatic carbocycles.